The third-order valence-electron chi connectivity index (χ3n) is 3.77. The van der Waals surface area contributed by atoms with Gasteiger partial charge in [-0.05, 0) is 36.4 Å². The summed E-state index contributed by atoms with van der Waals surface area (Å²) in [7, 11) is 1.79. The number of hydrogen-bond acceptors (Lipinski definition) is 6. The number of rotatable bonds is 4. The van der Waals surface area contributed by atoms with Crippen LogP contribution in [0.1, 0.15) is 0 Å². The Bertz CT molecular complexity index is 1060. The number of nitrogens with zero attached hydrogens (tertiary/aromatic N) is 5. The van der Waals surface area contributed by atoms with Gasteiger partial charge in [0.15, 0.2) is 11.5 Å². The second-order valence-electron chi connectivity index (χ2n) is 5.53. The van der Waals surface area contributed by atoms with Crippen LogP contribution >= 0.6 is 11.6 Å². The molecule has 130 valence electrons. The van der Waals surface area contributed by atoms with Crippen LogP contribution < -0.4 is 10.2 Å². The molecule has 0 aliphatic carbocycles. The smallest absolute Gasteiger partial charge is 0.229 e. The molecule has 0 atom stereocenters. The van der Waals surface area contributed by atoms with E-state index in [0.717, 1.165) is 11.9 Å². The van der Waals surface area contributed by atoms with Crippen LogP contribution in [-0.2, 0) is 0 Å². The number of H-pyrrole nitrogens is 1. The van der Waals surface area contributed by atoms with Crippen LogP contribution in [-0.4, -0.2) is 32.2 Å². The third kappa shape index (κ3) is 3.14. The molecule has 3 heterocycles. The topological polar surface area (TPSA) is 82.6 Å². The van der Waals surface area contributed by atoms with Crippen molar-refractivity contribution in [2.75, 3.05) is 17.3 Å². The van der Waals surface area contributed by atoms with Crippen LogP contribution in [0, 0.1) is 5.82 Å². The van der Waals surface area contributed by atoms with Gasteiger partial charge in [-0.15, -0.1) is 0 Å². The quantitative estimate of drug-likeness (QED) is 0.564. The van der Waals surface area contributed by atoms with Crippen LogP contribution in [0.2, 0.25) is 5.02 Å². The molecule has 9 heteroatoms. The zero-order valence-corrected chi connectivity index (χ0v) is 14.4. The van der Waals surface area contributed by atoms with Crippen molar-refractivity contribution in [3.8, 4) is 0 Å². The largest absolute Gasteiger partial charge is 0.324 e. The first kappa shape index (κ1) is 16.2. The Morgan fingerprint density at radius 2 is 1.96 bits per heavy atom. The first-order chi connectivity index (χ1) is 12.6. The van der Waals surface area contributed by atoms with Gasteiger partial charge in [-0.2, -0.15) is 10.1 Å². The number of nitrogens with one attached hydrogen (secondary N) is 2. The van der Waals surface area contributed by atoms with Crippen molar-refractivity contribution in [2.45, 2.75) is 0 Å². The molecule has 3 aromatic heterocycles. The lowest BCUT2D eigenvalue weighted by Crippen LogP contribution is -2.13. The number of hydrogen-bond donors (Lipinski definition) is 2. The molecule has 26 heavy (non-hydrogen) atoms. The zero-order chi connectivity index (χ0) is 18.1. The van der Waals surface area contributed by atoms with E-state index in [9.17, 15) is 4.39 Å². The molecular weight excluding hydrogens is 357 g/mol. The van der Waals surface area contributed by atoms with E-state index in [1.165, 1.54) is 6.07 Å². The fourth-order valence-electron chi connectivity index (χ4n) is 2.49. The fraction of sp³-hybridized carbons (Fsp3) is 0.0588. The van der Waals surface area contributed by atoms with E-state index in [-0.39, 0.29) is 0 Å². The Balaban J connectivity index is 1.64. The summed E-state index contributed by atoms with van der Waals surface area (Å²) in [5, 5.41) is 11.3. The van der Waals surface area contributed by atoms with E-state index in [4.69, 9.17) is 11.6 Å². The minimum atomic E-state index is -0.429. The van der Waals surface area contributed by atoms with Crippen LogP contribution in [0.15, 0.2) is 48.8 Å². The number of fused-ring (bicyclic) bond motifs is 1. The van der Waals surface area contributed by atoms with E-state index >= 15 is 0 Å². The molecule has 0 saturated heterocycles. The summed E-state index contributed by atoms with van der Waals surface area (Å²) in [4.78, 5) is 14.4. The molecular formula is C17H13ClFN7. The zero-order valence-electron chi connectivity index (χ0n) is 13.6. The van der Waals surface area contributed by atoms with Gasteiger partial charge in [0.1, 0.15) is 11.6 Å². The van der Waals surface area contributed by atoms with Gasteiger partial charge >= 0.3 is 0 Å². The highest BCUT2D eigenvalue weighted by Gasteiger charge is 2.15. The summed E-state index contributed by atoms with van der Waals surface area (Å²) < 4.78 is 13.5. The Kier molecular flexibility index (Phi) is 4.10. The molecule has 7 nitrogen and oxygen atoms in total. The second-order valence-corrected chi connectivity index (χ2v) is 5.96. The summed E-state index contributed by atoms with van der Waals surface area (Å²) >= 11 is 5.89. The molecule has 0 unspecified atom stereocenters. The molecule has 0 saturated carbocycles. The maximum Gasteiger partial charge on any atom is 0.229 e. The maximum atomic E-state index is 13.5. The number of halogens is 2. The van der Waals surface area contributed by atoms with Crippen molar-refractivity contribution in [2.24, 2.45) is 0 Å². The van der Waals surface area contributed by atoms with Gasteiger partial charge in [-0.1, -0.05) is 11.6 Å². The maximum absolute atomic E-state index is 13.5. The predicted octanol–water partition coefficient (Wildman–Crippen LogP) is 4.05. The first-order valence-corrected chi connectivity index (χ1v) is 8.07. The van der Waals surface area contributed by atoms with Crippen molar-refractivity contribution in [3.05, 3.63) is 59.6 Å². The molecule has 4 aromatic rings. The summed E-state index contributed by atoms with van der Waals surface area (Å²) in [6.07, 6.45) is 2.77. The Morgan fingerprint density at radius 3 is 2.77 bits per heavy atom. The van der Waals surface area contributed by atoms with Crippen LogP contribution in [0.4, 0.5) is 27.7 Å². The van der Waals surface area contributed by atoms with Gasteiger partial charge in [0.05, 0.1) is 11.6 Å². The molecule has 1 aromatic carbocycles. The standard InChI is InChI=1S/C17H13ClFN7/c1-26(16-13-8-11(19)9-21-15(13)24-25-16)14-6-7-20-17(23-14)22-12-4-2-10(18)3-5-12/h2-9H,1H3,(H,20,22,23)(H,21,24,25). The van der Waals surface area contributed by atoms with Gasteiger partial charge in [-0.25, -0.2) is 14.4 Å². The highest BCUT2D eigenvalue weighted by atomic mass is 35.5. The average molecular weight is 370 g/mol. The Morgan fingerprint density at radius 1 is 1.15 bits per heavy atom. The normalized spacial score (nSPS) is 10.9. The third-order valence-corrected chi connectivity index (χ3v) is 4.02. The average Bonchev–Trinajstić information content (AvgIpc) is 3.06. The van der Waals surface area contributed by atoms with E-state index in [1.807, 2.05) is 12.1 Å². The lowest BCUT2D eigenvalue weighted by molar-refractivity contribution is 0.624. The second kappa shape index (κ2) is 6.57. The summed E-state index contributed by atoms with van der Waals surface area (Å²) in [5.74, 6) is 1.10. The monoisotopic (exact) mass is 369 g/mol. The van der Waals surface area contributed by atoms with Gasteiger partial charge in [-0.3, -0.25) is 5.10 Å². The molecule has 0 fully saturated rings. The van der Waals surface area contributed by atoms with Crippen molar-refractivity contribution in [3.63, 3.8) is 0 Å². The van der Waals surface area contributed by atoms with E-state index in [0.29, 0.717) is 33.6 Å². The fourth-order valence-corrected chi connectivity index (χ4v) is 2.61. The first-order valence-electron chi connectivity index (χ1n) is 7.69. The minimum Gasteiger partial charge on any atom is -0.324 e. The predicted molar refractivity (Wildman–Crippen MR) is 98.7 cm³/mol. The molecule has 0 amide bonds. The van der Waals surface area contributed by atoms with Crippen molar-refractivity contribution < 1.29 is 4.39 Å². The van der Waals surface area contributed by atoms with Gasteiger partial charge in [0.2, 0.25) is 5.95 Å². The highest BCUT2D eigenvalue weighted by Crippen LogP contribution is 2.28. The number of benzene rings is 1. The molecule has 4 rings (SSSR count). The van der Waals surface area contributed by atoms with Crippen molar-refractivity contribution in [1.29, 1.82) is 0 Å². The molecule has 0 radical (unpaired) electrons. The van der Waals surface area contributed by atoms with Crippen LogP contribution in [0.25, 0.3) is 11.0 Å². The van der Waals surface area contributed by atoms with Crippen molar-refractivity contribution in [1.82, 2.24) is 25.1 Å². The number of anilines is 4. The number of pyridine rings is 1. The van der Waals surface area contributed by atoms with E-state index in [1.54, 1.807) is 36.3 Å². The van der Waals surface area contributed by atoms with Crippen LogP contribution in [0.3, 0.4) is 0 Å². The minimum absolute atomic E-state index is 0.417. The molecule has 0 aliphatic rings. The highest BCUT2D eigenvalue weighted by molar-refractivity contribution is 6.30. The van der Waals surface area contributed by atoms with E-state index in [2.05, 4.69) is 30.5 Å². The summed E-state index contributed by atoms with van der Waals surface area (Å²) in [5.41, 5.74) is 1.31. The molecule has 2 N–H and O–H groups in total. The lowest BCUT2D eigenvalue weighted by Gasteiger charge is -2.16. The molecule has 0 bridgehead atoms. The Hall–Kier alpha value is -3.26. The molecule has 0 spiro atoms. The lowest BCUT2D eigenvalue weighted by atomic mass is 10.3. The number of aromatic nitrogens is 5. The SMILES string of the molecule is CN(c1ccnc(Nc2ccc(Cl)cc2)n1)c1n[nH]c2ncc(F)cc12. The summed E-state index contributed by atoms with van der Waals surface area (Å²) in [6.45, 7) is 0. The van der Waals surface area contributed by atoms with Gasteiger partial charge in [0.25, 0.3) is 0 Å². The van der Waals surface area contributed by atoms with Gasteiger partial charge < -0.3 is 10.2 Å². The van der Waals surface area contributed by atoms with Crippen molar-refractivity contribution >= 4 is 45.9 Å². The summed E-state index contributed by atoms with van der Waals surface area (Å²) in [6, 6.07) is 10.3. The number of aromatic amines is 1. The Labute approximate surface area is 152 Å². The van der Waals surface area contributed by atoms with Gasteiger partial charge in [0, 0.05) is 24.0 Å². The van der Waals surface area contributed by atoms with Crippen LogP contribution in [0.5, 0.6) is 0 Å². The van der Waals surface area contributed by atoms with E-state index < -0.39 is 5.82 Å². The molecule has 0 aliphatic heterocycles.